The Hall–Kier alpha value is -2.65. The van der Waals surface area contributed by atoms with Crippen molar-refractivity contribution < 1.29 is 14.3 Å². The number of hydrogen-bond acceptors (Lipinski definition) is 6. The van der Waals surface area contributed by atoms with Crippen molar-refractivity contribution >= 4 is 18.1 Å². The largest absolute Gasteiger partial charge is 0.497 e. The maximum Gasteiger partial charge on any atom is 0.252 e. The molecule has 0 aliphatic rings. The Balaban J connectivity index is 2.58. The molecular formula is C17H22N4O4S. The molecule has 2 aromatic rings. The summed E-state index contributed by atoms with van der Waals surface area (Å²) in [4.78, 5) is 28.5. The van der Waals surface area contributed by atoms with E-state index in [1.807, 2.05) is 0 Å². The predicted octanol–water partition coefficient (Wildman–Crippen LogP) is 1.01. The van der Waals surface area contributed by atoms with Crippen molar-refractivity contribution in [3.8, 4) is 22.8 Å². The number of nitrogens with zero attached hydrogens (tertiary/aromatic N) is 2. The van der Waals surface area contributed by atoms with E-state index in [1.165, 1.54) is 18.1 Å². The lowest BCUT2D eigenvalue weighted by molar-refractivity contribution is -0.130. The van der Waals surface area contributed by atoms with Crippen molar-refractivity contribution in [2.75, 3.05) is 34.4 Å². The summed E-state index contributed by atoms with van der Waals surface area (Å²) < 4.78 is 12.3. The highest BCUT2D eigenvalue weighted by atomic mass is 32.1. The van der Waals surface area contributed by atoms with E-state index >= 15 is 0 Å². The number of amides is 1. The second-order valence-electron chi connectivity index (χ2n) is 5.58. The Labute approximate surface area is 156 Å². The van der Waals surface area contributed by atoms with Crippen molar-refractivity contribution in [3.63, 3.8) is 0 Å². The van der Waals surface area contributed by atoms with E-state index in [2.05, 4.69) is 4.98 Å². The highest BCUT2D eigenvalue weighted by Crippen LogP contribution is 2.32. The fourth-order valence-electron chi connectivity index (χ4n) is 2.49. The van der Waals surface area contributed by atoms with Crippen LogP contribution in [-0.4, -0.2) is 54.7 Å². The van der Waals surface area contributed by atoms with Crippen LogP contribution < -0.4 is 20.8 Å². The molecule has 0 aliphatic carbocycles. The average Bonchev–Trinajstić information content (AvgIpc) is 2.63. The van der Waals surface area contributed by atoms with Crippen molar-refractivity contribution in [2.24, 2.45) is 5.73 Å². The summed E-state index contributed by atoms with van der Waals surface area (Å²) in [6, 6.07) is 6.59. The molecule has 3 N–H and O–H groups in total. The molecule has 0 spiro atoms. The lowest BCUT2D eigenvalue weighted by atomic mass is 10.1. The van der Waals surface area contributed by atoms with Gasteiger partial charge in [-0.15, -0.1) is 0 Å². The zero-order valence-electron chi connectivity index (χ0n) is 14.9. The number of nitrogens with one attached hydrogen (secondary N) is 1. The number of carbonyl (C=O) groups excluding carboxylic acids is 1. The van der Waals surface area contributed by atoms with Crippen LogP contribution in [0.15, 0.2) is 29.1 Å². The standard InChI is InChI=1S/C17H22N4O4S/c1-20(7-6-18)16(23)10-21-13(9-15(22)19-17(21)26)12-5-4-11(24-2)8-14(12)25-3/h4-5,8-9H,6-7,10,18H2,1-3H3,(H,19,22,26). The number of ether oxygens (including phenoxy) is 2. The van der Waals surface area contributed by atoms with Crippen molar-refractivity contribution in [1.82, 2.24) is 14.5 Å². The zero-order chi connectivity index (χ0) is 19.3. The third kappa shape index (κ3) is 4.30. The summed E-state index contributed by atoms with van der Waals surface area (Å²) >= 11 is 5.27. The summed E-state index contributed by atoms with van der Waals surface area (Å²) in [7, 11) is 4.73. The number of carbonyl (C=O) groups is 1. The molecule has 0 saturated heterocycles. The van der Waals surface area contributed by atoms with Gasteiger partial charge < -0.3 is 24.7 Å². The molecule has 1 amide bonds. The lowest BCUT2D eigenvalue weighted by Crippen LogP contribution is -2.35. The molecule has 1 heterocycles. The molecule has 0 radical (unpaired) electrons. The van der Waals surface area contributed by atoms with Crippen LogP contribution in [0.1, 0.15) is 0 Å². The summed E-state index contributed by atoms with van der Waals surface area (Å²) in [5, 5.41) is 0. The van der Waals surface area contributed by atoms with E-state index in [4.69, 9.17) is 27.4 Å². The van der Waals surface area contributed by atoms with E-state index in [9.17, 15) is 9.59 Å². The molecule has 1 aromatic heterocycles. The number of nitrogens with two attached hydrogens (primary N) is 1. The van der Waals surface area contributed by atoms with E-state index < -0.39 is 0 Å². The molecule has 26 heavy (non-hydrogen) atoms. The first-order valence-corrected chi connectivity index (χ1v) is 8.32. The molecule has 140 valence electrons. The molecule has 9 heteroatoms. The number of methoxy groups -OCH3 is 2. The molecule has 0 bridgehead atoms. The van der Waals surface area contributed by atoms with E-state index in [0.717, 1.165) is 0 Å². The number of aromatic amines is 1. The summed E-state index contributed by atoms with van der Waals surface area (Å²) in [6.45, 7) is 0.756. The second kappa shape index (κ2) is 8.63. The lowest BCUT2D eigenvalue weighted by Gasteiger charge is -2.20. The number of hydrogen-bond donors (Lipinski definition) is 2. The Morgan fingerprint density at radius 3 is 2.65 bits per heavy atom. The SMILES string of the molecule is COc1ccc(-c2cc(=O)[nH]c(=S)n2CC(=O)N(C)CCN)c(OC)c1. The van der Waals surface area contributed by atoms with Crippen LogP contribution in [0.2, 0.25) is 0 Å². The molecule has 0 saturated carbocycles. The second-order valence-corrected chi connectivity index (χ2v) is 5.97. The number of rotatable bonds is 7. The minimum Gasteiger partial charge on any atom is -0.497 e. The van der Waals surface area contributed by atoms with E-state index in [0.29, 0.717) is 35.8 Å². The van der Waals surface area contributed by atoms with Crippen LogP contribution in [0.25, 0.3) is 11.3 Å². The van der Waals surface area contributed by atoms with Crippen molar-refractivity contribution in [1.29, 1.82) is 0 Å². The summed E-state index contributed by atoms with van der Waals surface area (Å²) in [6.07, 6.45) is 0. The number of likely N-dealkylation sites (N-methyl/N-ethyl adjacent to an activating group) is 1. The number of benzene rings is 1. The van der Waals surface area contributed by atoms with Crippen LogP contribution in [0.5, 0.6) is 11.5 Å². The van der Waals surface area contributed by atoms with Gasteiger partial charge in [-0.05, 0) is 24.4 Å². The van der Waals surface area contributed by atoms with Crippen LogP contribution in [0.3, 0.4) is 0 Å². The fourth-order valence-corrected chi connectivity index (χ4v) is 2.75. The quantitative estimate of drug-likeness (QED) is 0.697. The smallest absolute Gasteiger partial charge is 0.252 e. The maximum atomic E-state index is 12.4. The van der Waals surface area contributed by atoms with Gasteiger partial charge in [0.15, 0.2) is 4.77 Å². The first-order valence-electron chi connectivity index (χ1n) is 7.91. The van der Waals surface area contributed by atoms with Gasteiger partial charge >= 0.3 is 0 Å². The van der Waals surface area contributed by atoms with Crippen LogP contribution in [0, 0.1) is 4.77 Å². The Kier molecular flexibility index (Phi) is 6.53. The maximum absolute atomic E-state index is 12.4. The van der Waals surface area contributed by atoms with Crippen LogP contribution in [0.4, 0.5) is 0 Å². The molecular weight excluding hydrogens is 356 g/mol. The van der Waals surface area contributed by atoms with Crippen LogP contribution >= 0.6 is 12.2 Å². The van der Waals surface area contributed by atoms with E-state index in [-0.39, 0.29) is 22.8 Å². The first-order chi connectivity index (χ1) is 12.4. The first kappa shape index (κ1) is 19.7. The topological polar surface area (TPSA) is 103 Å². The van der Waals surface area contributed by atoms with Gasteiger partial charge in [-0.25, -0.2) is 0 Å². The van der Waals surface area contributed by atoms with Gasteiger partial charge in [-0.3, -0.25) is 14.6 Å². The van der Waals surface area contributed by atoms with Gasteiger partial charge in [0.25, 0.3) is 5.56 Å². The molecule has 0 atom stereocenters. The minimum absolute atomic E-state index is 0.0311. The van der Waals surface area contributed by atoms with Gasteiger partial charge in [-0.2, -0.15) is 0 Å². The molecule has 1 aromatic carbocycles. The Morgan fingerprint density at radius 2 is 2.04 bits per heavy atom. The van der Waals surface area contributed by atoms with Crippen molar-refractivity contribution in [2.45, 2.75) is 6.54 Å². The van der Waals surface area contributed by atoms with Gasteiger partial charge in [0, 0.05) is 37.8 Å². The van der Waals surface area contributed by atoms with Crippen LogP contribution in [-0.2, 0) is 11.3 Å². The predicted molar refractivity (Wildman–Crippen MR) is 101 cm³/mol. The highest BCUT2D eigenvalue weighted by molar-refractivity contribution is 7.71. The molecule has 8 nitrogen and oxygen atoms in total. The van der Waals surface area contributed by atoms with E-state index in [1.54, 1.807) is 36.9 Å². The summed E-state index contributed by atoms with van der Waals surface area (Å²) in [5.74, 6) is 0.938. The third-order valence-corrected chi connectivity index (χ3v) is 4.22. The van der Waals surface area contributed by atoms with Crippen molar-refractivity contribution in [3.05, 3.63) is 39.4 Å². The van der Waals surface area contributed by atoms with Gasteiger partial charge in [0.1, 0.15) is 18.0 Å². The van der Waals surface area contributed by atoms with Gasteiger partial charge in [0.2, 0.25) is 5.91 Å². The Morgan fingerprint density at radius 1 is 1.31 bits per heavy atom. The molecule has 0 unspecified atom stereocenters. The zero-order valence-corrected chi connectivity index (χ0v) is 15.8. The molecule has 0 aliphatic heterocycles. The summed E-state index contributed by atoms with van der Waals surface area (Å²) in [5.41, 5.74) is 6.24. The normalized spacial score (nSPS) is 10.5. The average molecular weight is 378 g/mol. The Bertz CT molecular complexity index is 906. The molecule has 2 rings (SSSR count). The number of H-pyrrole nitrogens is 1. The van der Waals surface area contributed by atoms with Gasteiger partial charge in [-0.1, -0.05) is 0 Å². The number of aromatic nitrogens is 2. The fraction of sp³-hybridized carbons (Fsp3) is 0.353. The van der Waals surface area contributed by atoms with Gasteiger partial charge in [0.05, 0.1) is 19.9 Å². The highest BCUT2D eigenvalue weighted by Gasteiger charge is 2.16. The molecule has 0 fully saturated rings. The third-order valence-electron chi connectivity index (χ3n) is 3.90. The minimum atomic E-state index is -0.359. The monoisotopic (exact) mass is 378 g/mol.